The molecule has 0 bridgehead atoms. The fraction of sp³-hybridized carbons (Fsp3) is 0.154. The van der Waals surface area contributed by atoms with Gasteiger partial charge in [-0.05, 0) is 54.1 Å². The number of ether oxygens (including phenoxy) is 1. The van der Waals surface area contributed by atoms with Crippen molar-refractivity contribution in [2.75, 3.05) is 31.0 Å². The molecule has 3 aromatic carbocycles. The summed E-state index contributed by atoms with van der Waals surface area (Å²) in [6.07, 6.45) is 0. The van der Waals surface area contributed by atoms with Crippen LogP contribution in [0.1, 0.15) is 17.2 Å². The molecule has 0 saturated carbocycles. The Morgan fingerprint density at radius 2 is 1.53 bits per heavy atom. The van der Waals surface area contributed by atoms with Crippen molar-refractivity contribution in [3.63, 3.8) is 0 Å². The number of hydrogen-bond donors (Lipinski definition) is 1. The van der Waals surface area contributed by atoms with Crippen molar-refractivity contribution in [2.45, 2.75) is 6.04 Å². The number of methoxy groups -OCH3 is 1. The number of carbonyl (C=O) groups excluding carboxylic acids is 2. The summed E-state index contributed by atoms with van der Waals surface area (Å²) in [4.78, 5) is 29.7. The molecule has 0 aliphatic carbocycles. The summed E-state index contributed by atoms with van der Waals surface area (Å²) < 4.78 is 5.17. The number of nitrogens with zero attached hydrogens (tertiary/aromatic N) is 2. The fourth-order valence-electron chi connectivity index (χ4n) is 3.87. The van der Waals surface area contributed by atoms with Crippen LogP contribution in [-0.2, 0) is 9.59 Å². The van der Waals surface area contributed by atoms with Gasteiger partial charge in [-0.3, -0.25) is 14.5 Å². The largest absolute Gasteiger partial charge is 0.507 e. The zero-order chi connectivity index (χ0) is 22.8. The molecule has 6 nitrogen and oxygen atoms in total. The molecule has 1 aliphatic rings. The maximum absolute atomic E-state index is 13.2. The highest BCUT2D eigenvalue weighted by Gasteiger charge is 2.46. The third-order valence-electron chi connectivity index (χ3n) is 5.57. The summed E-state index contributed by atoms with van der Waals surface area (Å²) in [5.41, 5.74) is 2.79. The topological polar surface area (TPSA) is 70.1 Å². The number of hydrogen-bond acceptors (Lipinski definition) is 5. The van der Waals surface area contributed by atoms with Crippen molar-refractivity contribution in [3.8, 4) is 5.75 Å². The van der Waals surface area contributed by atoms with Gasteiger partial charge < -0.3 is 14.7 Å². The van der Waals surface area contributed by atoms with Crippen LogP contribution >= 0.6 is 0 Å². The third-order valence-corrected chi connectivity index (χ3v) is 5.57. The van der Waals surface area contributed by atoms with Crippen molar-refractivity contribution in [1.82, 2.24) is 0 Å². The third kappa shape index (κ3) is 3.71. The summed E-state index contributed by atoms with van der Waals surface area (Å²) in [5.74, 6) is -0.981. The number of carbonyl (C=O) groups is 2. The van der Waals surface area contributed by atoms with Crippen LogP contribution < -0.4 is 14.5 Å². The molecular weight excluding hydrogens is 404 g/mol. The Kier molecular flexibility index (Phi) is 5.69. The van der Waals surface area contributed by atoms with Gasteiger partial charge >= 0.3 is 0 Å². The molecule has 1 N–H and O–H groups in total. The van der Waals surface area contributed by atoms with Crippen molar-refractivity contribution in [2.24, 2.45) is 0 Å². The molecule has 3 aromatic rings. The molecule has 0 radical (unpaired) electrons. The molecule has 1 fully saturated rings. The first-order chi connectivity index (χ1) is 15.4. The van der Waals surface area contributed by atoms with E-state index in [0.29, 0.717) is 17.0 Å². The van der Waals surface area contributed by atoms with Crippen LogP contribution in [0.2, 0.25) is 0 Å². The molecule has 1 amide bonds. The lowest BCUT2D eigenvalue weighted by molar-refractivity contribution is -0.132. The molecule has 0 aromatic heterocycles. The standard InChI is InChI=1S/C26H24N2O4/c1-27(2)19-11-13-20(14-12-19)28-23(17-7-5-4-6-8-17)22(25(30)26(28)31)24(29)18-9-15-21(32-3)16-10-18/h4-16,23,29H,1-3H3/b24-22+. The smallest absolute Gasteiger partial charge is 0.300 e. The van der Waals surface area contributed by atoms with Crippen LogP contribution in [0.3, 0.4) is 0 Å². The van der Waals surface area contributed by atoms with Gasteiger partial charge in [-0.2, -0.15) is 0 Å². The predicted molar refractivity (Wildman–Crippen MR) is 125 cm³/mol. The van der Waals surface area contributed by atoms with Crippen LogP contribution in [0, 0.1) is 0 Å². The average Bonchev–Trinajstić information content (AvgIpc) is 3.09. The number of anilines is 2. The number of benzene rings is 3. The summed E-state index contributed by atoms with van der Waals surface area (Å²) in [7, 11) is 5.41. The molecule has 1 aliphatic heterocycles. The maximum atomic E-state index is 13.2. The van der Waals surface area contributed by atoms with E-state index in [0.717, 1.165) is 11.3 Å². The van der Waals surface area contributed by atoms with E-state index in [1.165, 1.54) is 4.90 Å². The molecule has 1 heterocycles. The minimum absolute atomic E-state index is 0.0584. The van der Waals surface area contributed by atoms with E-state index in [-0.39, 0.29) is 11.3 Å². The van der Waals surface area contributed by atoms with E-state index in [4.69, 9.17) is 4.74 Å². The quantitative estimate of drug-likeness (QED) is 0.371. The second kappa shape index (κ2) is 8.59. The second-order valence-corrected chi connectivity index (χ2v) is 7.72. The van der Waals surface area contributed by atoms with Gasteiger partial charge in [0.05, 0.1) is 18.7 Å². The Morgan fingerprint density at radius 3 is 2.09 bits per heavy atom. The highest BCUT2D eigenvalue weighted by molar-refractivity contribution is 6.51. The van der Waals surface area contributed by atoms with Crippen molar-refractivity contribution in [1.29, 1.82) is 0 Å². The first kappa shape index (κ1) is 21.2. The lowest BCUT2D eigenvalue weighted by Gasteiger charge is -2.26. The van der Waals surface area contributed by atoms with Gasteiger partial charge in [0, 0.05) is 31.0 Å². The second-order valence-electron chi connectivity index (χ2n) is 7.72. The predicted octanol–water partition coefficient (Wildman–Crippen LogP) is 4.39. The van der Waals surface area contributed by atoms with E-state index in [1.807, 2.05) is 73.6 Å². The van der Waals surface area contributed by atoms with Crippen LogP contribution in [0.25, 0.3) is 5.76 Å². The van der Waals surface area contributed by atoms with E-state index in [1.54, 1.807) is 31.4 Å². The van der Waals surface area contributed by atoms with Gasteiger partial charge in [-0.25, -0.2) is 0 Å². The van der Waals surface area contributed by atoms with Gasteiger partial charge in [-0.15, -0.1) is 0 Å². The zero-order valence-corrected chi connectivity index (χ0v) is 18.1. The van der Waals surface area contributed by atoms with Gasteiger partial charge in [0.25, 0.3) is 11.7 Å². The Labute approximate surface area is 187 Å². The van der Waals surface area contributed by atoms with Gasteiger partial charge in [0.15, 0.2) is 0 Å². The first-order valence-electron chi connectivity index (χ1n) is 10.2. The first-order valence-corrected chi connectivity index (χ1v) is 10.2. The molecule has 4 rings (SSSR count). The normalized spacial score (nSPS) is 17.5. The monoisotopic (exact) mass is 428 g/mol. The average molecular weight is 428 g/mol. The number of Topliss-reactive ketones (excluding diaryl/α,β-unsaturated/α-hetero) is 1. The number of aliphatic hydroxyl groups is 1. The molecule has 0 spiro atoms. The van der Waals surface area contributed by atoms with Crippen LogP contribution in [0.15, 0.2) is 84.4 Å². The SMILES string of the molecule is COc1ccc(/C(O)=C2\C(=O)C(=O)N(c3ccc(N(C)C)cc3)C2c2ccccc2)cc1. The highest BCUT2D eigenvalue weighted by Crippen LogP contribution is 2.42. The zero-order valence-electron chi connectivity index (χ0n) is 18.1. The van der Waals surface area contributed by atoms with E-state index in [9.17, 15) is 14.7 Å². The van der Waals surface area contributed by atoms with Crippen LogP contribution in [-0.4, -0.2) is 38.0 Å². The molecule has 1 unspecified atom stereocenters. The van der Waals surface area contributed by atoms with Crippen LogP contribution in [0.4, 0.5) is 11.4 Å². The van der Waals surface area contributed by atoms with E-state index in [2.05, 4.69) is 0 Å². The van der Waals surface area contributed by atoms with Gasteiger partial charge in [0.1, 0.15) is 11.5 Å². The molecule has 1 saturated heterocycles. The Morgan fingerprint density at radius 1 is 0.906 bits per heavy atom. The van der Waals surface area contributed by atoms with Crippen molar-refractivity contribution in [3.05, 3.63) is 95.6 Å². The van der Waals surface area contributed by atoms with Gasteiger partial charge in [-0.1, -0.05) is 30.3 Å². The van der Waals surface area contributed by atoms with E-state index >= 15 is 0 Å². The summed E-state index contributed by atoms with van der Waals surface area (Å²) >= 11 is 0. The van der Waals surface area contributed by atoms with E-state index < -0.39 is 17.7 Å². The summed E-state index contributed by atoms with van der Waals surface area (Å²) in [6, 6.07) is 22.6. The lowest BCUT2D eigenvalue weighted by atomic mass is 9.95. The minimum atomic E-state index is -0.747. The van der Waals surface area contributed by atoms with Crippen molar-refractivity contribution >= 4 is 28.8 Å². The number of amides is 1. The van der Waals surface area contributed by atoms with Crippen LogP contribution in [0.5, 0.6) is 5.75 Å². The maximum Gasteiger partial charge on any atom is 0.300 e. The minimum Gasteiger partial charge on any atom is -0.507 e. The Hall–Kier alpha value is -4.06. The Bertz CT molecular complexity index is 1170. The lowest BCUT2D eigenvalue weighted by Crippen LogP contribution is -2.29. The number of rotatable bonds is 5. The number of aliphatic hydroxyl groups excluding tert-OH is 1. The Balaban J connectivity index is 1.87. The summed E-state index contributed by atoms with van der Waals surface area (Å²) in [6.45, 7) is 0. The highest BCUT2D eigenvalue weighted by atomic mass is 16.5. The fourth-order valence-corrected chi connectivity index (χ4v) is 3.87. The molecule has 6 heteroatoms. The number of ketones is 1. The molecular formula is C26H24N2O4. The van der Waals surface area contributed by atoms with Crippen molar-refractivity contribution < 1.29 is 19.4 Å². The molecule has 32 heavy (non-hydrogen) atoms. The van der Waals surface area contributed by atoms with Gasteiger partial charge in [0.2, 0.25) is 0 Å². The summed E-state index contributed by atoms with van der Waals surface area (Å²) in [5, 5.41) is 11.1. The molecule has 162 valence electrons. The molecule has 1 atom stereocenters.